The molecular formula is C8H5Cl2NO. The van der Waals surface area contributed by atoms with E-state index in [1.807, 2.05) is 0 Å². The molecule has 0 atom stereocenters. The van der Waals surface area contributed by atoms with Crippen LogP contribution >= 0.6 is 23.2 Å². The third-order valence-corrected chi connectivity index (χ3v) is 1.93. The average Bonchev–Trinajstić information content (AvgIpc) is 2.07. The Morgan fingerprint density at radius 3 is 2.83 bits per heavy atom. The molecule has 1 rings (SSSR count). The summed E-state index contributed by atoms with van der Waals surface area (Å²) < 4.78 is 0. The molecule has 0 N–H and O–H groups in total. The number of carbonyl (C=O) groups excluding carboxylic acids is 1. The summed E-state index contributed by atoms with van der Waals surface area (Å²) in [6.07, 6.45) is 1.44. The third-order valence-electron chi connectivity index (χ3n) is 1.32. The summed E-state index contributed by atoms with van der Waals surface area (Å²) in [5.41, 5.74) is 0.729. The zero-order chi connectivity index (χ0) is 8.97. The lowest BCUT2D eigenvalue weighted by Gasteiger charge is -1.98. The van der Waals surface area contributed by atoms with Gasteiger partial charge in [-0.05, 0) is 23.8 Å². The number of isocyanates is 1. The molecular weight excluding hydrogens is 197 g/mol. The molecule has 0 aliphatic heterocycles. The minimum absolute atomic E-state index is 0.225. The van der Waals surface area contributed by atoms with Crippen molar-refractivity contribution in [2.24, 2.45) is 4.99 Å². The summed E-state index contributed by atoms with van der Waals surface area (Å²) in [6, 6.07) is 5.02. The van der Waals surface area contributed by atoms with Crippen molar-refractivity contribution in [3.8, 4) is 0 Å². The van der Waals surface area contributed by atoms with Gasteiger partial charge in [-0.1, -0.05) is 23.2 Å². The van der Waals surface area contributed by atoms with E-state index in [1.54, 1.807) is 18.2 Å². The molecule has 0 aromatic heterocycles. The maximum Gasteiger partial charge on any atom is 0.235 e. The second-order valence-electron chi connectivity index (χ2n) is 2.14. The highest BCUT2D eigenvalue weighted by atomic mass is 35.5. The van der Waals surface area contributed by atoms with Gasteiger partial charge in [0.05, 0.1) is 6.54 Å². The van der Waals surface area contributed by atoms with Gasteiger partial charge in [0.1, 0.15) is 0 Å². The van der Waals surface area contributed by atoms with Crippen LogP contribution in [0.25, 0.3) is 0 Å². The van der Waals surface area contributed by atoms with Crippen molar-refractivity contribution in [1.82, 2.24) is 0 Å². The number of benzene rings is 1. The fraction of sp³-hybridized carbons (Fsp3) is 0.125. The Kier molecular flexibility index (Phi) is 3.30. The third kappa shape index (κ3) is 2.35. The van der Waals surface area contributed by atoms with Gasteiger partial charge in [-0.15, -0.1) is 0 Å². The summed E-state index contributed by atoms with van der Waals surface area (Å²) in [7, 11) is 0. The van der Waals surface area contributed by atoms with Crippen LogP contribution in [0.15, 0.2) is 23.2 Å². The van der Waals surface area contributed by atoms with Gasteiger partial charge in [0.2, 0.25) is 6.08 Å². The molecule has 0 aliphatic rings. The first-order valence-corrected chi connectivity index (χ1v) is 3.97. The van der Waals surface area contributed by atoms with Gasteiger partial charge < -0.3 is 0 Å². The van der Waals surface area contributed by atoms with Gasteiger partial charge in [0.15, 0.2) is 0 Å². The molecule has 0 saturated carbocycles. The van der Waals surface area contributed by atoms with Crippen LogP contribution in [0.1, 0.15) is 5.56 Å². The highest BCUT2D eigenvalue weighted by Crippen LogP contribution is 2.20. The second-order valence-corrected chi connectivity index (χ2v) is 2.99. The van der Waals surface area contributed by atoms with Gasteiger partial charge in [-0.3, -0.25) is 0 Å². The first kappa shape index (κ1) is 9.27. The van der Waals surface area contributed by atoms with Crippen LogP contribution in [-0.2, 0) is 11.3 Å². The lowest BCUT2D eigenvalue weighted by Crippen LogP contribution is -1.82. The van der Waals surface area contributed by atoms with Crippen LogP contribution in [0.5, 0.6) is 0 Å². The van der Waals surface area contributed by atoms with Crippen molar-refractivity contribution >= 4 is 29.3 Å². The molecule has 0 unspecified atom stereocenters. The number of hydrogen-bond acceptors (Lipinski definition) is 2. The molecule has 62 valence electrons. The predicted octanol–water partition coefficient (Wildman–Crippen LogP) is 2.83. The van der Waals surface area contributed by atoms with Crippen molar-refractivity contribution in [1.29, 1.82) is 0 Å². The van der Waals surface area contributed by atoms with E-state index >= 15 is 0 Å². The zero-order valence-electron chi connectivity index (χ0n) is 6.05. The van der Waals surface area contributed by atoms with Gasteiger partial charge in [-0.2, -0.15) is 0 Å². The SMILES string of the molecule is O=C=NCc1cc(Cl)ccc1Cl. The van der Waals surface area contributed by atoms with Gasteiger partial charge in [0, 0.05) is 10.0 Å². The normalized spacial score (nSPS) is 9.17. The van der Waals surface area contributed by atoms with E-state index in [4.69, 9.17) is 23.2 Å². The van der Waals surface area contributed by atoms with E-state index in [2.05, 4.69) is 4.99 Å². The first-order chi connectivity index (χ1) is 5.74. The lowest BCUT2D eigenvalue weighted by molar-refractivity contribution is 0.563. The highest BCUT2D eigenvalue weighted by molar-refractivity contribution is 6.33. The molecule has 0 amide bonds. The van der Waals surface area contributed by atoms with Crippen LogP contribution in [0.3, 0.4) is 0 Å². The maximum atomic E-state index is 9.81. The van der Waals surface area contributed by atoms with Gasteiger partial charge in [0.25, 0.3) is 0 Å². The number of rotatable bonds is 2. The number of nitrogens with zero attached hydrogens (tertiary/aromatic N) is 1. The van der Waals surface area contributed by atoms with Crippen LogP contribution in [0.4, 0.5) is 0 Å². The van der Waals surface area contributed by atoms with Crippen LogP contribution < -0.4 is 0 Å². The van der Waals surface area contributed by atoms with Crippen LogP contribution in [0, 0.1) is 0 Å². The van der Waals surface area contributed by atoms with Crippen molar-refractivity contribution in [3.63, 3.8) is 0 Å². The van der Waals surface area contributed by atoms with Crippen LogP contribution in [0.2, 0.25) is 10.0 Å². The Bertz CT molecular complexity index is 332. The van der Waals surface area contributed by atoms with E-state index in [-0.39, 0.29) is 6.54 Å². The summed E-state index contributed by atoms with van der Waals surface area (Å²) in [5, 5.41) is 1.13. The molecule has 1 aromatic carbocycles. The minimum Gasteiger partial charge on any atom is -0.211 e. The number of aliphatic imine (C=N–C) groups is 1. The van der Waals surface area contributed by atoms with Gasteiger partial charge >= 0.3 is 0 Å². The Hall–Kier alpha value is -0.820. The fourth-order valence-corrected chi connectivity index (χ4v) is 1.15. The lowest BCUT2D eigenvalue weighted by atomic mass is 10.2. The van der Waals surface area contributed by atoms with Gasteiger partial charge in [-0.25, -0.2) is 9.79 Å². The molecule has 4 heteroatoms. The maximum absolute atomic E-state index is 9.81. The second kappa shape index (κ2) is 4.27. The molecule has 0 spiro atoms. The summed E-state index contributed by atoms with van der Waals surface area (Å²) >= 11 is 11.5. The molecule has 12 heavy (non-hydrogen) atoms. The summed E-state index contributed by atoms with van der Waals surface area (Å²) in [5.74, 6) is 0. The number of halogens is 2. The molecule has 0 aliphatic carbocycles. The monoisotopic (exact) mass is 201 g/mol. The number of hydrogen-bond donors (Lipinski definition) is 0. The Labute approximate surface area is 79.8 Å². The molecule has 2 nitrogen and oxygen atoms in total. The summed E-state index contributed by atoms with van der Waals surface area (Å²) in [4.78, 5) is 13.2. The molecule has 0 bridgehead atoms. The Morgan fingerprint density at radius 2 is 2.17 bits per heavy atom. The molecule has 0 heterocycles. The average molecular weight is 202 g/mol. The molecule has 0 fully saturated rings. The standard InChI is InChI=1S/C8H5Cl2NO/c9-7-1-2-8(10)6(3-7)4-11-5-12/h1-3H,4H2. The first-order valence-electron chi connectivity index (χ1n) is 3.21. The highest BCUT2D eigenvalue weighted by Gasteiger charge is 1.99. The molecule has 0 radical (unpaired) electrons. The van der Waals surface area contributed by atoms with Crippen LogP contribution in [-0.4, -0.2) is 6.08 Å². The van der Waals surface area contributed by atoms with Crippen molar-refractivity contribution < 1.29 is 4.79 Å². The van der Waals surface area contributed by atoms with E-state index in [0.717, 1.165) is 5.56 Å². The summed E-state index contributed by atoms with van der Waals surface area (Å²) in [6.45, 7) is 0.225. The molecule has 0 saturated heterocycles. The fourth-order valence-electron chi connectivity index (χ4n) is 0.782. The van der Waals surface area contributed by atoms with E-state index in [1.165, 1.54) is 6.08 Å². The molecule has 1 aromatic rings. The van der Waals surface area contributed by atoms with Crippen molar-refractivity contribution in [3.05, 3.63) is 33.8 Å². The van der Waals surface area contributed by atoms with Crippen molar-refractivity contribution in [2.75, 3.05) is 0 Å². The van der Waals surface area contributed by atoms with E-state index in [0.29, 0.717) is 10.0 Å². The largest absolute Gasteiger partial charge is 0.235 e. The quantitative estimate of drug-likeness (QED) is 0.535. The zero-order valence-corrected chi connectivity index (χ0v) is 7.56. The predicted molar refractivity (Wildman–Crippen MR) is 48.3 cm³/mol. The Morgan fingerprint density at radius 1 is 1.42 bits per heavy atom. The Balaban J connectivity index is 2.96. The topological polar surface area (TPSA) is 29.4 Å². The van der Waals surface area contributed by atoms with E-state index < -0.39 is 0 Å². The smallest absolute Gasteiger partial charge is 0.211 e. The minimum atomic E-state index is 0.225. The van der Waals surface area contributed by atoms with Crippen molar-refractivity contribution in [2.45, 2.75) is 6.54 Å². The van der Waals surface area contributed by atoms with E-state index in [9.17, 15) is 4.79 Å².